The van der Waals surface area contributed by atoms with Crippen LogP contribution in [0.5, 0.6) is 0 Å². The molecule has 0 fully saturated rings. The van der Waals surface area contributed by atoms with E-state index < -0.39 is 0 Å². The second-order valence-corrected chi connectivity index (χ2v) is 12.2. The molecule has 6 nitrogen and oxygen atoms in total. The van der Waals surface area contributed by atoms with Gasteiger partial charge in [-0.25, -0.2) is 29.9 Å². The summed E-state index contributed by atoms with van der Waals surface area (Å²) in [6, 6.07) is 0. The lowest BCUT2D eigenvalue weighted by atomic mass is 9.99. The predicted molar refractivity (Wildman–Crippen MR) is 165 cm³/mol. The molecule has 0 unspecified atom stereocenters. The van der Waals surface area contributed by atoms with Crippen molar-refractivity contribution < 1.29 is 0 Å². The van der Waals surface area contributed by atoms with Gasteiger partial charge in [-0.2, -0.15) is 0 Å². The zero-order valence-corrected chi connectivity index (χ0v) is 27.4. The van der Waals surface area contributed by atoms with E-state index in [0.29, 0.717) is 35.5 Å². The van der Waals surface area contributed by atoms with Crippen molar-refractivity contribution in [2.24, 2.45) is 0 Å². The highest BCUT2D eigenvalue weighted by atomic mass is 14.9. The fourth-order valence-electron chi connectivity index (χ4n) is 4.13. The number of rotatable bonds is 6. The van der Waals surface area contributed by atoms with Crippen molar-refractivity contribution in [1.82, 2.24) is 29.9 Å². The van der Waals surface area contributed by atoms with E-state index in [0.717, 1.165) is 34.6 Å². The molecule has 3 aromatic heterocycles. The summed E-state index contributed by atoms with van der Waals surface area (Å²) in [7, 11) is 0. The van der Waals surface area contributed by atoms with Gasteiger partial charge in [0, 0.05) is 53.4 Å². The van der Waals surface area contributed by atoms with Crippen LogP contribution in [-0.2, 0) is 0 Å². The molecule has 39 heavy (non-hydrogen) atoms. The molecule has 3 rings (SSSR count). The average molecular weight is 535 g/mol. The minimum absolute atomic E-state index is 0.411. The highest BCUT2D eigenvalue weighted by Gasteiger charge is 2.13. The fourth-order valence-corrected chi connectivity index (χ4v) is 4.13. The van der Waals surface area contributed by atoms with Crippen LogP contribution in [0.3, 0.4) is 0 Å². The molecule has 216 valence electrons. The Labute approximate surface area is 239 Å². The van der Waals surface area contributed by atoms with Gasteiger partial charge in [-0.15, -0.1) is 0 Å². The van der Waals surface area contributed by atoms with E-state index in [1.54, 1.807) is 0 Å². The molecular formula is C33H54N6. The molecule has 0 N–H and O–H groups in total. The Morgan fingerprint density at radius 2 is 0.821 bits per heavy atom. The lowest BCUT2D eigenvalue weighted by Crippen LogP contribution is -2.07. The van der Waals surface area contributed by atoms with Gasteiger partial charge in [-0.05, 0) is 55.2 Å². The lowest BCUT2D eigenvalue weighted by molar-refractivity contribution is 0.728. The fraction of sp³-hybridized carbons (Fsp3) is 0.636. The topological polar surface area (TPSA) is 77.3 Å². The largest absolute Gasteiger partial charge is 0.241 e. The van der Waals surface area contributed by atoms with Gasteiger partial charge in [-0.1, -0.05) is 83.1 Å². The van der Waals surface area contributed by atoms with Crippen LogP contribution in [0.2, 0.25) is 0 Å². The van der Waals surface area contributed by atoms with Gasteiger partial charge in [0.1, 0.15) is 17.5 Å². The number of aryl methyl sites for hydroxylation is 3. The SMILES string of the molecule is CC(C)c1cnc(C(C)C)nc1.Cc1nc(C(C)C)nc(C)c1C(C)C.Cc1nc(C(C)C)ncc1C(C)C. The van der Waals surface area contributed by atoms with E-state index >= 15 is 0 Å². The minimum atomic E-state index is 0.411. The molecular weight excluding hydrogens is 480 g/mol. The van der Waals surface area contributed by atoms with Crippen LogP contribution in [0.4, 0.5) is 0 Å². The molecule has 0 spiro atoms. The van der Waals surface area contributed by atoms with Gasteiger partial charge in [0.05, 0.1) is 0 Å². The summed E-state index contributed by atoms with van der Waals surface area (Å²) in [5.74, 6) is 5.63. The van der Waals surface area contributed by atoms with Gasteiger partial charge in [-0.3, -0.25) is 0 Å². The van der Waals surface area contributed by atoms with E-state index in [4.69, 9.17) is 0 Å². The van der Waals surface area contributed by atoms with Crippen molar-refractivity contribution in [1.29, 1.82) is 0 Å². The third-order valence-corrected chi connectivity index (χ3v) is 6.49. The maximum absolute atomic E-state index is 4.54. The van der Waals surface area contributed by atoms with Gasteiger partial charge in [0.15, 0.2) is 0 Å². The molecule has 0 aliphatic rings. The Balaban J connectivity index is 0.000000293. The maximum Gasteiger partial charge on any atom is 0.131 e. The molecule has 0 bridgehead atoms. The first-order valence-electron chi connectivity index (χ1n) is 14.6. The van der Waals surface area contributed by atoms with Crippen LogP contribution in [0.1, 0.15) is 170 Å². The first kappa shape index (κ1) is 34.3. The van der Waals surface area contributed by atoms with Crippen LogP contribution in [-0.4, -0.2) is 29.9 Å². The monoisotopic (exact) mass is 534 g/mol. The van der Waals surface area contributed by atoms with E-state index in [1.807, 2.05) is 18.6 Å². The van der Waals surface area contributed by atoms with E-state index in [9.17, 15) is 0 Å². The summed E-state index contributed by atoms with van der Waals surface area (Å²) in [5, 5.41) is 0. The summed E-state index contributed by atoms with van der Waals surface area (Å²) in [4.78, 5) is 26.5. The summed E-state index contributed by atoms with van der Waals surface area (Å²) in [6.07, 6.45) is 5.81. The van der Waals surface area contributed by atoms with Gasteiger partial charge < -0.3 is 0 Å². The third kappa shape index (κ3) is 10.7. The van der Waals surface area contributed by atoms with Crippen molar-refractivity contribution in [3.63, 3.8) is 0 Å². The van der Waals surface area contributed by atoms with E-state index in [-0.39, 0.29) is 0 Å². The number of nitrogens with zero attached hydrogens (tertiary/aromatic N) is 6. The van der Waals surface area contributed by atoms with Crippen molar-refractivity contribution >= 4 is 0 Å². The molecule has 3 heterocycles. The molecule has 0 saturated heterocycles. The summed E-state index contributed by atoms with van der Waals surface area (Å²) in [6.45, 7) is 31.9. The van der Waals surface area contributed by atoms with Gasteiger partial charge >= 0.3 is 0 Å². The van der Waals surface area contributed by atoms with Crippen molar-refractivity contribution in [2.45, 2.75) is 139 Å². The number of hydrogen-bond donors (Lipinski definition) is 0. The molecule has 0 aliphatic heterocycles. The molecule has 0 atom stereocenters. The Morgan fingerprint density at radius 1 is 0.410 bits per heavy atom. The Hall–Kier alpha value is -2.76. The standard InChI is InChI=1S/C12H20N2.C11H18N2.C10H16N2/c1-7(2)11-9(5)13-12(8(3)4)14-10(11)6;1-7(2)10-6-12-11(8(3)4)13-9(10)5;1-7(2)9-5-11-10(8(3)4)12-6-9/h7-8H,1-6H3;6-8H,1-5H3;5-8H,1-4H3. The van der Waals surface area contributed by atoms with Crippen LogP contribution >= 0.6 is 0 Å². The molecule has 0 saturated carbocycles. The molecule has 0 radical (unpaired) electrons. The first-order valence-corrected chi connectivity index (χ1v) is 14.6. The lowest BCUT2D eigenvalue weighted by Gasteiger charge is -2.14. The predicted octanol–water partition coefficient (Wildman–Crippen LogP) is 9.10. The highest BCUT2D eigenvalue weighted by molar-refractivity contribution is 5.28. The normalized spacial score (nSPS) is 11.3. The number of aromatic nitrogens is 6. The molecule has 3 aromatic rings. The minimum Gasteiger partial charge on any atom is -0.241 e. The van der Waals surface area contributed by atoms with Gasteiger partial charge in [0.25, 0.3) is 0 Å². The molecule has 6 heteroatoms. The smallest absolute Gasteiger partial charge is 0.131 e. The summed E-state index contributed by atoms with van der Waals surface area (Å²) >= 11 is 0. The highest BCUT2D eigenvalue weighted by Crippen LogP contribution is 2.22. The Bertz CT molecular complexity index is 1100. The Morgan fingerprint density at radius 3 is 1.15 bits per heavy atom. The average Bonchev–Trinajstić information content (AvgIpc) is 2.83. The molecule has 0 aromatic carbocycles. The van der Waals surface area contributed by atoms with Crippen molar-refractivity contribution in [3.8, 4) is 0 Å². The van der Waals surface area contributed by atoms with Gasteiger partial charge in [0.2, 0.25) is 0 Å². The zero-order chi connectivity index (χ0) is 30.0. The second kappa shape index (κ2) is 15.7. The van der Waals surface area contributed by atoms with Crippen molar-refractivity contribution in [3.05, 3.63) is 69.8 Å². The quantitative estimate of drug-likeness (QED) is 0.314. The molecule has 0 amide bonds. The number of hydrogen-bond acceptors (Lipinski definition) is 6. The zero-order valence-electron chi connectivity index (χ0n) is 27.4. The summed E-state index contributed by atoms with van der Waals surface area (Å²) < 4.78 is 0. The second-order valence-electron chi connectivity index (χ2n) is 12.2. The van der Waals surface area contributed by atoms with Crippen LogP contribution in [0.25, 0.3) is 0 Å². The van der Waals surface area contributed by atoms with E-state index in [2.05, 4.69) is 134 Å². The van der Waals surface area contributed by atoms with Crippen LogP contribution < -0.4 is 0 Å². The van der Waals surface area contributed by atoms with Crippen LogP contribution in [0.15, 0.2) is 18.6 Å². The third-order valence-electron chi connectivity index (χ3n) is 6.49. The van der Waals surface area contributed by atoms with E-state index in [1.165, 1.54) is 16.7 Å². The van der Waals surface area contributed by atoms with Crippen molar-refractivity contribution in [2.75, 3.05) is 0 Å². The molecule has 0 aliphatic carbocycles. The maximum atomic E-state index is 4.54. The summed E-state index contributed by atoms with van der Waals surface area (Å²) in [5.41, 5.74) is 7.15. The Kier molecular flexibility index (Phi) is 13.8. The first-order chi connectivity index (χ1) is 18.1. The van der Waals surface area contributed by atoms with Crippen LogP contribution in [0, 0.1) is 20.8 Å².